The van der Waals surface area contributed by atoms with Gasteiger partial charge in [0.15, 0.2) is 0 Å². The third-order valence-electron chi connectivity index (χ3n) is 2.34. The average Bonchev–Trinajstić information content (AvgIpc) is 2.57. The molecule has 0 saturated heterocycles. The van der Waals surface area contributed by atoms with E-state index in [4.69, 9.17) is 9.47 Å². The van der Waals surface area contributed by atoms with Crippen LogP contribution in [0.15, 0.2) is 0 Å². The van der Waals surface area contributed by atoms with Gasteiger partial charge in [-0.1, -0.05) is 13.8 Å². The normalized spacial score (nSPS) is 9.72. The van der Waals surface area contributed by atoms with Crippen LogP contribution in [-0.2, 0) is 14.2 Å². The highest BCUT2D eigenvalue weighted by molar-refractivity contribution is 5.86. The maximum Gasteiger partial charge on any atom is 0.414 e. The van der Waals surface area contributed by atoms with Crippen LogP contribution in [0.25, 0.3) is 0 Å². The molecular weight excluding hydrogens is 336 g/mol. The van der Waals surface area contributed by atoms with E-state index in [0.29, 0.717) is 12.8 Å². The molecule has 3 amide bonds. The summed E-state index contributed by atoms with van der Waals surface area (Å²) < 4.78 is 14.1. The third-order valence-corrected chi connectivity index (χ3v) is 2.34. The number of ether oxygens (including phenoxy) is 3. The van der Waals surface area contributed by atoms with Crippen molar-refractivity contribution in [1.82, 2.24) is 15.0 Å². The van der Waals surface area contributed by atoms with Crippen LogP contribution in [0.2, 0.25) is 0 Å². The standard InChI is InChI=1S/C13H20N6O6/c1-4-6-24-12(21)18-9-14-8(17-11(20)23-3)15-10(16-9)19-13(22)25-7-5-2/h4-7H2,1-3H3,(H3,14,15,16,17,18,19,20,21,22). The first-order valence-electron chi connectivity index (χ1n) is 7.47. The molecule has 0 fully saturated rings. The molecule has 0 spiro atoms. The van der Waals surface area contributed by atoms with E-state index in [1.54, 1.807) is 0 Å². The Kier molecular flexibility index (Phi) is 8.40. The number of carbonyl (C=O) groups is 3. The third kappa shape index (κ3) is 7.76. The lowest BCUT2D eigenvalue weighted by Crippen LogP contribution is -2.22. The number of nitrogens with zero attached hydrogens (tertiary/aromatic N) is 3. The molecule has 1 aromatic rings. The lowest BCUT2D eigenvalue weighted by Gasteiger charge is -2.09. The Labute approximate surface area is 143 Å². The molecule has 1 heterocycles. The lowest BCUT2D eigenvalue weighted by molar-refractivity contribution is 0.161. The Morgan fingerprint density at radius 2 is 1.12 bits per heavy atom. The quantitative estimate of drug-likeness (QED) is 0.622. The predicted molar refractivity (Wildman–Crippen MR) is 86.4 cm³/mol. The maximum absolute atomic E-state index is 11.6. The highest BCUT2D eigenvalue weighted by Crippen LogP contribution is 2.10. The van der Waals surface area contributed by atoms with Crippen LogP contribution in [0.1, 0.15) is 26.7 Å². The Morgan fingerprint density at radius 1 is 0.760 bits per heavy atom. The maximum atomic E-state index is 11.6. The molecule has 12 heteroatoms. The molecule has 0 aliphatic carbocycles. The summed E-state index contributed by atoms with van der Waals surface area (Å²) in [5.74, 6) is -0.736. The number of nitrogens with one attached hydrogen (secondary N) is 3. The average molecular weight is 356 g/mol. The van der Waals surface area contributed by atoms with Gasteiger partial charge >= 0.3 is 18.3 Å². The van der Waals surface area contributed by atoms with Gasteiger partial charge in [-0.15, -0.1) is 0 Å². The predicted octanol–water partition coefficient (Wildman–Crippen LogP) is 1.97. The Hall–Kier alpha value is -3.18. The second-order valence-electron chi connectivity index (χ2n) is 4.44. The van der Waals surface area contributed by atoms with Crippen molar-refractivity contribution in [2.24, 2.45) is 0 Å². The summed E-state index contributed by atoms with van der Waals surface area (Å²) in [6.45, 7) is 4.08. The van der Waals surface area contributed by atoms with Crippen LogP contribution < -0.4 is 16.0 Å². The number of carbonyl (C=O) groups excluding carboxylic acids is 3. The molecule has 12 nitrogen and oxygen atoms in total. The van der Waals surface area contributed by atoms with Gasteiger partial charge in [0, 0.05) is 0 Å². The first kappa shape index (κ1) is 19.9. The number of amides is 3. The summed E-state index contributed by atoms with van der Waals surface area (Å²) in [5.41, 5.74) is 0. The molecule has 0 aliphatic rings. The van der Waals surface area contributed by atoms with Crippen molar-refractivity contribution in [2.45, 2.75) is 26.7 Å². The van der Waals surface area contributed by atoms with Crippen molar-refractivity contribution in [2.75, 3.05) is 36.3 Å². The molecule has 0 atom stereocenters. The number of anilines is 3. The smallest absolute Gasteiger partial charge is 0.414 e. The molecule has 1 rings (SSSR count). The monoisotopic (exact) mass is 356 g/mol. The zero-order valence-electron chi connectivity index (χ0n) is 14.1. The van der Waals surface area contributed by atoms with Gasteiger partial charge in [-0.2, -0.15) is 15.0 Å². The largest absolute Gasteiger partial charge is 0.453 e. The minimum absolute atomic E-state index is 0.207. The van der Waals surface area contributed by atoms with Gasteiger partial charge < -0.3 is 14.2 Å². The molecule has 3 N–H and O–H groups in total. The highest BCUT2D eigenvalue weighted by atomic mass is 16.6. The number of hydrogen-bond acceptors (Lipinski definition) is 9. The van der Waals surface area contributed by atoms with Crippen LogP contribution >= 0.6 is 0 Å². The second-order valence-corrected chi connectivity index (χ2v) is 4.44. The van der Waals surface area contributed by atoms with E-state index in [2.05, 4.69) is 35.6 Å². The molecule has 25 heavy (non-hydrogen) atoms. The zero-order valence-corrected chi connectivity index (χ0v) is 14.1. The van der Waals surface area contributed by atoms with Gasteiger partial charge in [0.2, 0.25) is 17.8 Å². The number of rotatable bonds is 7. The first-order chi connectivity index (χ1) is 12.0. The SMILES string of the molecule is CCCOC(=O)Nc1nc(NC(=O)OC)nc(NC(=O)OCCC)n1. The highest BCUT2D eigenvalue weighted by Gasteiger charge is 2.14. The van der Waals surface area contributed by atoms with Crippen molar-refractivity contribution < 1.29 is 28.6 Å². The minimum atomic E-state index is -0.842. The van der Waals surface area contributed by atoms with Crippen LogP contribution in [-0.4, -0.2) is 53.6 Å². The molecule has 0 saturated carbocycles. The van der Waals surface area contributed by atoms with Crippen LogP contribution in [0.4, 0.5) is 32.2 Å². The van der Waals surface area contributed by atoms with Crippen molar-refractivity contribution in [3.05, 3.63) is 0 Å². The van der Waals surface area contributed by atoms with E-state index in [1.165, 1.54) is 0 Å². The van der Waals surface area contributed by atoms with E-state index >= 15 is 0 Å². The summed E-state index contributed by atoms with van der Waals surface area (Å²) in [4.78, 5) is 45.9. The van der Waals surface area contributed by atoms with Crippen LogP contribution in [0, 0.1) is 0 Å². The second kappa shape index (κ2) is 10.6. The molecule has 0 aromatic carbocycles. The summed E-state index contributed by atoms with van der Waals surface area (Å²) in [6.07, 6.45) is -1.16. The Morgan fingerprint density at radius 3 is 1.44 bits per heavy atom. The van der Waals surface area contributed by atoms with Crippen molar-refractivity contribution >= 4 is 36.1 Å². The van der Waals surface area contributed by atoms with Gasteiger partial charge in [-0.25, -0.2) is 14.4 Å². The summed E-state index contributed by atoms with van der Waals surface area (Å²) in [7, 11) is 1.15. The van der Waals surface area contributed by atoms with E-state index in [9.17, 15) is 14.4 Å². The van der Waals surface area contributed by atoms with Gasteiger partial charge in [0.25, 0.3) is 0 Å². The summed E-state index contributed by atoms with van der Waals surface area (Å²) >= 11 is 0. The molecule has 0 aliphatic heterocycles. The van der Waals surface area contributed by atoms with E-state index < -0.39 is 18.3 Å². The molecule has 0 bridgehead atoms. The van der Waals surface area contributed by atoms with Gasteiger partial charge in [-0.3, -0.25) is 16.0 Å². The van der Waals surface area contributed by atoms with E-state index in [-0.39, 0.29) is 31.1 Å². The number of aromatic nitrogens is 3. The van der Waals surface area contributed by atoms with E-state index in [1.807, 2.05) is 13.8 Å². The van der Waals surface area contributed by atoms with Gasteiger partial charge in [0.05, 0.1) is 20.3 Å². The summed E-state index contributed by atoms with van der Waals surface area (Å²) in [5, 5.41) is 6.71. The number of methoxy groups -OCH3 is 1. The van der Waals surface area contributed by atoms with Crippen molar-refractivity contribution in [1.29, 1.82) is 0 Å². The van der Waals surface area contributed by atoms with E-state index in [0.717, 1.165) is 7.11 Å². The van der Waals surface area contributed by atoms with Crippen molar-refractivity contribution in [3.63, 3.8) is 0 Å². The minimum Gasteiger partial charge on any atom is -0.453 e. The summed E-state index contributed by atoms with van der Waals surface area (Å²) in [6, 6.07) is 0. The van der Waals surface area contributed by atoms with Crippen LogP contribution in [0.3, 0.4) is 0 Å². The zero-order chi connectivity index (χ0) is 18.7. The topological polar surface area (TPSA) is 154 Å². The first-order valence-corrected chi connectivity index (χ1v) is 7.47. The fourth-order valence-corrected chi connectivity index (χ4v) is 1.33. The molecule has 138 valence electrons. The lowest BCUT2D eigenvalue weighted by atomic mass is 10.5. The Bertz CT molecular complexity index is 570. The molecule has 0 unspecified atom stereocenters. The molecule has 0 radical (unpaired) electrons. The molecular formula is C13H20N6O6. The van der Waals surface area contributed by atoms with Crippen LogP contribution in [0.5, 0.6) is 0 Å². The van der Waals surface area contributed by atoms with Gasteiger partial charge in [-0.05, 0) is 12.8 Å². The van der Waals surface area contributed by atoms with Gasteiger partial charge in [0.1, 0.15) is 0 Å². The fourth-order valence-electron chi connectivity index (χ4n) is 1.33. The molecule has 1 aromatic heterocycles. The Balaban J connectivity index is 2.91. The number of hydrogen-bond donors (Lipinski definition) is 3. The fraction of sp³-hybridized carbons (Fsp3) is 0.538. The van der Waals surface area contributed by atoms with Crippen molar-refractivity contribution in [3.8, 4) is 0 Å².